The minimum atomic E-state index is 0.186. The van der Waals surface area contributed by atoms with Gasteiger partial charge in [0.25, 0.3) is 0 Å². The van der Waals surface area contributed by atoms with Crippen molar-refractivity contribution in [2.24, 2.45) is 0 Å². The molecule has 1 aromatic carbocycles. The van der Waals surface area contributed by atoms with Gasteiger partial charge in [-0.05, 0) is 30.3 Å². The van der Waals surface area contributed by atoms with Gasteiger partial charge in [-0.2, -0.15) is 0 Å². The van der Waals surface area contributed by atoms with Gasteiger partial charge in [0.05, 0.1) is 0 Å². The number of hydrogen-bond donors (Lipinski definition) is 0. The largest absolute Gasteiger partial charge is 0.377 e. The molecule has 1 unspecified atom stereocenters. The zero-order valence-electron chi connectivity index (χ0n) is 9.31. The highest BCUT2D eigenvalue weighted by molar-refractivity contribution is 5.55. The standard InChI is InChI=1S/C13H17NO/c1-3-15-13-10-14(2)9-8-11-6-4-5-7-12(11)13/h4-9,13H,3,10H2,1-2H3. The Balaban J connectivity index is 2.35. The maximum Gasteiger partial charge on any atom is 0.100 e. The van der Waals surface area contributed by atoms with Crippen LogP contribution in [0.1, 0.15) is 24.2 Å². The smallest absolute Gasteiger partial charge is 0.100 e. The highest BCUT2D eigenvalue weighted by atomic mass is 16.5. The Morgan fingerprint density at radius 1 is 1.40 bits per heavy atom. The maximum absolute atomic E-state index is 5.78. The SMILES string of the molecule is CCOC1CN(C)C=Cc2ccccc21. The molecule has 0 saturated heterocycles. The van der Waals surface area contributed by atoms with Gasteiger partial charge in [0.1, 0.15) is 6.10 Å². The molecule has 80 valence electrons. The molecular weight excluding hydrogens is 186 g/mol. The van der Waals surface area contributed by atoms with E-state index in [1.807, 2.05) is 6.92 Å². The Labute approximate surface area is 91.2 Å². The summed E-state index contributed by atoms with van der Waals surface area (Å²) in [6.07, 6.45) is 4.44. The van der Waals surface area contributed by atoms with E-state index < -0.39 is 0 Å². The van der Waals surface area contributed by atoms with Gasteiger partial charge in [-0.15, -0.1) is 0 Å². The first-order chi connectivity index (χ1) is 7.31. The normalized spacial score (nSPS) is 19.9. The Kier molecular flexibility index (Phi) is 3.07. The van der Waals surface area contributed by atoms with Crippen LogP contribution in [-0.2, 0) is 4.74 Å². The number of fused-ring (bicyclic) bond motifs is 1. The van der Waals surface area contributed by atoms with Crippen LogP contribution in [0.2, 0.25) is 0 Å². The maximum atomic E-state index is 5.78. The highest BCUT2D eigenvalue weighted by Crippen LogP contribution is 2.26. The first kappa shape index (κ1) is 10.2. The molecule has 0 saturated carbocycles. The van der Waals surface area contributed by atoms with E-state index in [-0.39, 0.29) is 6.10 Å². The van der Waals surface area contributed by atoms with Crippen molar-refractivity contribution in [1.82, 2.24) is 4.90 Å². The summed E-state index contributed by atoms with van der Waals surface area (Å²) in [4.78, 5) is 2.17. The van der Waals surface area contributed by atoms with Crippen LogP contribution in [0.5, 0.6) is 0 Å². The Morgan fingerprint density at radius 3 is 3.00 bits per heavy atom. The lowest BCUT2D eigenvalue weighted by molar-refractivity contribution is 0.0477. The van der Waals surface area contributed by atoms with Crippen LogP contribution in [0.25, 0.3) is 6.08 Å². The summed E-state index contributed by atoms with van der Waals surface area (Å²) in [5.74, 6) is 0. The number of likely N-dealkylation sites (N-methyl/N-ethyl adjacent to an activating group) is 1. The molecule has 0 spiro atoms. The third-order valence-electron chi connectivity index (χ3n) is 2.67. The molecule has 15 heavy (non-hydrogen) atoms. The molecule has 1 atom stereocenters. The molecule has 2 heteroatoms. The van der Waals surface area contributed by atoms with E-state index in [0.717, 1.165) is 13.2 Å². The van der Waals surface area contributed by atoms with Crippen molar-refractivity contribution in [2.75, 3.05) is 20.2 Å². The Morgan fingerprint density at radius 2 is 2.20 bits per heavy atom. The van der Waals surface area contributed by atoms with Crippen LogP contribution in [0.3, 0.4) is 0 Å². The van der Waals surface area contributed by atoms with Gasteiger partial charge in [-0.1, -0.05) is 24.3 Å². The van der Waals surface area contributed by atoms with Crippen LogP contribution in [0, 0.1) is 0 Å². The van der Waals surface area contributed by atoms with E-state index in [0.29, 0.717) is 0 Å². The molecule has 1 aromatic rings. The minimum Gasteiger partial charge on any atom is -0.377 e. The van der Waals surface area contributed by atoms with Crippen molar-refractivity contribution in [1.29, 1.82) is 0 Å². The van der Waals surface area contributed by atoms with Crippen LogP contribution >= 0.6 is 0 Å². The minimum absolute atomic E-state index is 0.186. The monoisotopic (exact) mass is 203 g/mol. The molecule has 0 N–H and O–H groups in total. The van der Waals surface area contributed by atoms with Gasteiger partial charge >= 0.3 is 0 Å². The van der Waals surface area contributed by atoms with Crippen LogP contribution in [0.4, 0.5) is 0 Å². The Hall–Kier alpha value is -1.28. The lowest BCUT2D eigenvalue weighted by atomic mass is 10.0. The number of nitrogens with zero attached hydrogens (tertiary/aromatic N) is 1. The number of ether oxygens (including phenoxy) is 1. The van der Waals surface area contributed by atoms with Crippen LogP contribution in [-0.4, -0.2) is 25.1 Å². The van der Waals surface area contributed by atoms with Crippen molar-refractivity contribution in [3.63, 3.8) is 0 Å². The molecule has 1 aliphatic heterocycles. The summed E-state index contributed by atoms with van der Waals surface area (Å²) in [6, 6.07) is 8.43. The predicted octanol–water partition coefficient (Wildman–Crippen LogP) is 2.68. The molecule has 0 fully saturated rings. The highest BCUT2D eigenvalue weighted by Gasteiger charge is 2.17. The Bertz CT molecular complexity index is 359. The molecule has 2 rings (SSSR count). The van der Waals surface area contributed by atoms with Gasteiger partial charge in [-0.3, -0.25) is 0 Å². The summed E-state index contributed by atoms with van der Waals surface area (Å²) in [6.45, 7) is 3.72. The molecule has 0 aromatic heterocycles. The van der Waals surface area contributed by atoms with E-state index in [4.69, 9.17) is 4.74 Å². The molecular formula is C13H17NO. The van der Waals surface area contributed by atoms with Crippen molar-refractivity contribution in [3.05, 3.63) is 41.6 Å². The summed E-state index contributed by atoms with van der Waals surface area (Å²) in [5, 5.41) is 0. The fourth-order valence-electron chi connectivity index (χ4n) is 1.93. The van der Waals surface area contributed by atoms with Gasteiger partial charge in [-0.25, -0.2) is 0 Å². The third-order valence-corrected chi connectivity index (χ3v) is 2.67. The summed E-state index contributed by atoms with van der Waals surface area (Å²) in [7, 11) is 2.08. The quantitative estimate of drug-likeness (QED) is 0.732. The second-order valence-electron chi connectivity index (χ2n) is 3.83. The zero-order chi connectivity index (χ0) is 10.7. The average molecular weight is 203 g/mol. The van der Waals surface area contributed by atoms with E-state index in [1.54, 1.807) is 0 Å². The summed E-state index contributed by atoms with van der Waals surface area (Å²) in [5.41, 5.74) is 2.56. The lowest BCUT2D eigenvalue weighted by Gasteiger charge is -2.21. The van der Waals surface area contributed by atoms with Crippen LogP contribution in [0.15, 0.2) is 30.5 Å². The zero-order valence-corrected chi connectivity index (χ0v) is 9.31. The van der Waals surface area contributed by atoms with Crippen molar-refractivity contribution in [3.8, 4) is 0 Å². The summed E-state index contributed by atoms with van der Waals surface area (Å²) < 4.78 is 5.78. The second kappa shape index (κ2) is 4.49. The number of benzene rings is 1. The van der Waals surface area contributed by atoms with Crippen molar-refractivity contribution < 1.29 is 4.74 Å². The molecule has 0 radical (unpaired) electrons. The predicted molar refractivity (Wildman–Crippen MR) is 62.5 cm³/mol. The van der Waals surface area contributed by atoms with Crippen molar-refractivity contribution >= 4 is 6.08 Å². The van der Waals surface area contributed by atoms with Gasteiger partial charge in [0, 0.05) is 20.2 Å². The van der Waals surface area contributed by atoms with Crippen LogP contribution < -0.4 is 0 Å². The first-order valence-electron chi connectivity index (χ1n) is 5.40. The third kappa shape index (κ3) is 2.21. The molecule has 0 bridgehead atoms. The topological polar surface area (TPSA) is 12.5 Å². The molecule has 1 heterocycles. The van der Waals surface area contributed by atoms with Gasteiger partial charge in [0.2, 0.25) is 0 Å². The number of hydrogen-bond acceptors (Lipinski definition) is 2. The fourth-order valence-corrected chi connectivity index (χ4v) is 1.93. The van der Waals surface area contributed by atoms with E-state index >= 15 is 0 Å². The molecule has 0 amide bonds. The van der Waals surface area contributed by atoms with E-state index in [9.17, 15) is 0 Å². The average Bonchev–Trinajstić information content (AvgIpc) is 2.40. The fraction of sp³-hybridized carbons (Fsp3) is 0.385. The number of rotatable bonds is 2. The summed E-state index contributed by atoms with van der Waals surface area (Å²) >= 11 is 0. The first-order valence-corrected chi connectivity index (χ1v) is 5.40. The molecule has 1 aliphatic rings. The van der Waals surface area contributed by atoms with E-state index in [1.165, 1.54) is 11.1 Å². The van der Waals surface area contributed by atoms with Gasteiger partial charge in [0.15, 0.2) is 0 Å². The van der Waals surface area contributed by atoms with Crippen molar-refractivity contribution in [2.45, 2.75) is 13.0 Å². The lowest BCUT2D eigenvalue weighted by Crippen LogP contribution is -2.20. The second-order valence-corrected chi connectivity index (χ2v) is 3.83. The molecule has 2 nitrogen and oxygen atoms in total. The van der Waals surface area contributed by atoms with Gasteiger partial charge < -0.3 is 9.64 Å². The molecule has 0 aliphatic carbocycles. The van der Waals surface area contributed by atoms with E-state index in [2.05, 4.69) is 48.5 Å².